The molecule has 1 aromatic heterocycles. The van der Waals surface area contributed by atoms with Crippen LogP contribution in [0.25, 0.3) is 6.08 Å². The van der Waals surface area contributed by atoms with Crippen LogP contribution in [0.5, 0.6) is 0 Å². The first-order chi connectivity index (χ1) is 9.19. The summed E-state index contributed by atoms with van der Waals surface area (Å²) in [5, 5.41) is 4.67. The maximum atomic E-state index is 11.9. The van der Waals surface area contributed by atoms with Gasteiger partial charge in [0.2, 0.25) is 0 Å². The summed E-state index contributed by atoms with van der Waals surface area (Å²) >= 11 is 11.5. The summed E-state index contributed by atoms with van der Waals surface area (Å²) in [5.74, 6) is 0.416. The number of benzene rings is 1. The minimum Gasteiger partial charge on any atom is -0.289 e. The Balaban J connectivity index is 2.07. The lowest BCUT2D eigenvalue weighted by Gasteiger charge is -1.95. The molecule has 3 nitrogen and oxygen atoms in total. The first-order valence-electron chi connectivity index (χ1n) is 5.75. The van der Waals surface area contributed by atoms with Gasteiger partial charge in [0.1, 0.15) is 0 Å². The molecule has 0 atom stereocenters. The first kappa shape index (κ1) is 13.8. The highest BCUT2D eigenvalue weighted by Gasteiger charge is 2.02. The number of alkyl halides is 1. The maximum absolute atomic E-state index is 11.9. The molecular weight excluding hydrogens is 283 g/mol. The lowest BCUT2D eigenvalue weighted by atomic mass is 10.1. The van der Waals surface area contributed by atoms with Crippen molar-refractivity contribution in [3.63, 3.8) is 0 Å². The molecule has 0 amide bonds. The molecule has 98 valence electrons. The number of nitrogens with zero attached hydrogens (tertiary/aromatic N) is 2. The fraction of sp³-hybridized carbons (Fsp3) is 0.143. The van der Waals surface area contributed by atoms with Gasteiger partial charge in [-0.2, -0.15) is 5.10 Å². The highest BCUT2D eigenvalue weighted by atomic mass is 35.5. The Morgan fingerprint density at radius 3 is 3.00 bits per heavy atom. The van der Waals surface area contributed by atoms with Crippen LogP contribution in [-0.4, -0.2) is 21.4 Å². The second-order valence-electron chi connectivity index (χ2n) is 3.93. The van der Waals surface area contributed by atoms with Crippen LogP contribution >= 0.6 is 23.2 Å². The standard InChI is InChI=1S/C14H12Cl2N2O/c15-6-7-18-10-11(9-17-18)4-5-14(19)12-2-1-3-13(16)8-12/h1-5,8-10H,6-7H2/b5-4+. The predicted octanol–water partition coefficient (Wildman–Crippen LogP) is 3.67. The monoisotopic (exact) mass is 294 g/mol. The molecule has 0 aliphatic rings. The van der Waals surface area contributed by atoms with Crippen LogP contribution in [0.4, 0.5) is 0 Å². The molecule has 0 fully saturated rings. The van der Waals surface area contributed by atoms with Crippen molar-refractivity contribution >= 4 is 35.1 Å². The topological polar surface area (TPSA) is 34.9 Å². The molecule has 2 rings (SSSR count). The number of hydrogen-bond acceptors (Lipinski definition) is 2. The van der Waals surface area contributed by atoms with Gasteiger partial charge in [-0.05, 0) is 24.3 Å². The summed E-state index contributed by atoms with van der Waals surface area (Å²) in [6.07, 6.45) is 6.76. The van der Waals surface area contributed by atoms with Crippen LogP contribution < -0.4 is 0 Å². The van der Waals surface area contributed by atoms with E-state index in [0.717, 1.165) is 5.56 Å². The van der Waals surface area contributed by atoms with E-state index in [1.54, 1.807) is 41.2 Å². The van der Waals surface area contributed by atoms with Crippen LogP contribution in [0.3, 0.4) is 0 Å². The zero-order valence-electron chi connectivity index (χ0n) is 10.1. The van der Waals surface area contributed by atoms with Gasteiger partial charge >= 0.3 is 0 Å². The number of ketones is 1. The smallest absolute Gasteiger partial charge is 0.185 e. The molecule has 0 radical (unpaired) electrons. The molecule has 1 aromatic carbocycles. The summed E-state index contributed by atoms with van der Waals surface area (Å²) in [6.45, 7) is 0.650. The second kappa shape index (κ2) is 6.55. The molecular formula is C14H12Cl2N2O. The van der Waals surface area contributed by atoms with E-state index in [-0.39, 0.29) is 5.78 Å². The third-order valence-electron chi connectivity index (χ3n) is 2.50. The molecule has 2 aromatic rings. The van der Waals surface area contributed by atoms with Crippen LogP contribution in [0.15, 0.2) is 42.7 Å². The van der Waals surface area contributed by atoms with Crippen LogP contribution in [-0.2, 0) is 6.54 Å². The summed E-state index contributed by atoms with van der Waals surface area (Å²) < 4.78 is 1.73. The average molecular weight is 295 g/mol. The highest BCUT2D eigenvalue weighted by molar-refractivity contribution is 6.31. The van der Waals surface area contributed by atoms with Crippen molar-refractivity contribution in [3.05, 3.63) is 58.9 Å². The Morgan fingerprint density at radius 2 is 2.26 bits per heavy atom. The number of rotatable bonds is 5. The Morgan fingerprint density at radius 1 is 1.42 bits per heavy atom. The van der Waals surface area contributed by atoms with Gasteiger partial charge in [0.25, 0.3) is 0 Å². The van der Waals surface area contributed by atoms with E-state index < -0.39 is 0 Å². The normalized spacial score (nSPS) is 11.1. The van der Waals surface area contributed by atoms with Gasteiger partial charge in [0.15, 0.2) is 5.78 Å². The van der Waals surface area contributed by atoms with Crippen molar-refractivity contribution in [2.24, 2.45) is 0 Å². The molecule has 0 saturated heterocycles. The fourth-order valence-electron chi connectivity index (χ4n) is 1.58. The van der Waals surface area contributed by atoms with Crippen molar-refractivity contribution in [2.75, 3.05) is 5.88 Å². The number of aromatic nitrogens is 2. The molecule has 0 spiro atoms. The Kier molecular flexibility index (Phi) is 4.77. The lowest BCUT2D eigenvalue weighted by molar-refractivity contribution is 0.104. The third kappa shape index (κ3) is 3.94. The van der Waals surface area contributed by atoms with Gasteiger partial charge in [0, 0.05) is 28.2 Å². The zero-order chi connectivity index (χ0) is 13.7. The van der Waals surface area contributed by atoms with E-state index >= 15 is 0 Å². The van der Waals surface area contributed by atoms with Gasteiger partial charge in [-0.15, -0.1) is 11.6 Å². The number of allylic oxidation sites excluding steroid dienone is 1. The van der Waals surface area contributed by atoms with Gasteiger partial charge in [-0.1, -0.05) is 23.7 Å². The van der Waals surface area contributed by atoms with E-state index in [9.17, 15) is 4.79 Å². The number of aryl methyl sites for hydroxylation is 1. The first-order valence-corrected chi connectivity index (χ1v) is 6.66. The fourth-order valence-corrected chi connectivity index (χ4v) is 1.95. The zero-order valence-corrected chi connectivity index (χ0v) is 11.6. The van der Waals surface area contributed by atoms with E-state index in [4.69, 9.17) is 23.2 Å². The highest BCUT2D eigenvalue weighted by Crippen LogP contribution is 2.12. The second-order valence-corrected chi connectivity index (χ2v) is 4.75. The molecule has 0 bridgehead atoms. The largest absolute Gasteiger partial charge is 0.289 e. The summed E-state index contributed by atoms with van der Waals surface area (Å²) in [7, 11) is 0. The maximum Gasteiger partial charge on any atom is 0.185 e. The van der Waals surface area contributed by atoms with Crippen molar-refractivity contribution < 1.29 is 4.79 Å². The number of carbonyl (C=O) groups is 1. The number of carbonyl (C=O) groups excluding carboxylic acids is 1. The Bertz CT molecular complexity index is 605. The minimum atomic E-state index is -0.0902. The van der Waals surface area contributed by atoms with Gasteiger partial charge in [0.05, 0.1) is 12.7 Å². The van der Waals surface area contributed by atoms with E-state index in [1.165, 1.54) is 6.08 Å². The van der Waals surface area contributed by atoms with Crippen LogP contribution in [0.2, 0.25) is 5.02 Å². The van der Waals surface area contributed by atoms with E-state index in [2.05, 4.69) is 5.10 Å². The molecule has 0 aliphatic carbocycles. The molecule has 5 heteroatoms. The number of halogens is 2. The summed E-state index contributed by atoms with van der Waals surface area (Å²) in [4.78, 5) is 11.9. The van der Waals surface area contributed by atoms with Gasteiger partial charge in [-0.3, -0.25) is 9.48 Å². The molecule has 19 heavy (non-hydrogen) atoms. The minimum absolute atomic E-state index is 0.0902. The molecule has 0 N–H and O–H groups in total. The van der Waals surface area contributed by atoms with Crippen molar-refractivity contribution in [3.8, 4) is 0 Å². The van der Waals surface area contributed by atoms with Gasteiger partial charge in [-0.25, -0.2) is 0 Å². The Labute approximate surface area is 121 Å². The van der Waals surface area contributed by atoms with Crippen LogP contribution in [0, 0.1) is 0 Å². The number of hydrogen-bond donors (Lipinski definition) is 0. The Hall–Kier alpha value is -1.58. The van der Waals surface area contributed by atoms with Crippen molar-refractivity contribution in [1.82, 2.24) is 9.78 Å². The SMILES string of the molecule is O=C(/C=C/c1cnn(CCCl)c1)c1cccc(Cl)c1. The molecule has 0 unspecified atom stereocenters. The van der Waals surface area contributed by atoms with Crippen molar-refractivity contribution in [1.29, 1.82) is 0 Å². The third-order valence-corrected chi connectivity index (χ3v) is 2.91. The lowest BCUT2D eigenvalue weighted by Crippen LogP contribution is -1.98. The van der Waals surface area contributed by atoms with Crippen molar-refractivity contribution in [2.45, 2.75) is 6.54 Å². The van der Waals surface area contributed by atoms with E-state index in [0.29, 0.717) is 23.0 Å². The molecule has 0 saturated carbocycles. The summed E-state index contributed by atoms with van der Waals surface area (Å²) in [5.41, 5.74) is 1.43. The quantitative estimate of drug-likeness (QED) is 0.479. The van der Waals surface area contributed by atoms with Gasteiger partial charge < -0.3 is 0 Å². The van der Waals surface area contributed by atoms with E-state index in [1.807, 2.05) is 6.20 Å². The van der Waals surface area contributed by atoms with Crippen LogP contribution in [0.1, 0.15) is 15.9 Å². The average Bonchev–Trinajstić information content (AvgIpc) is 2.84. The molecule has 0 aliphatic heterocycles. The summed E-state index contributed by atoms with van der Waals surface area (Å²) in [6, 6.07) is 6.86. The molecule has 1 heterocycles. The predicted molar refractivity (Wildman–Crippen MR) is 77.8 cm³/mol.